The summed E-state index contributed by atoms with van der Waals surface area (Å²) in [4.78, 5) is 11.9. The van der Waals surface area contributed by atoms with Crippen molar-refractivity contribution in [3.05, 3.63) is 29.8 Å². The molecule has 1 aliphatic rings. The van der Waals surface area contributed by atoms with Crippen molar-refractivity contribution in [2.24, 2.45) is 5.92 Å². The summed E-state index contributed by atoms with van der Waals surface area (Å²) in [5.74, 6) is 1.45. The first-order valence-electron chi connectivity index (χ1n) is 8.23. The Balaban J connectivity index is 1.51. The molecule has 0 saturated heterocycles. The summed E-state index contributed by atoms with van der Waals surface area (Å²) in [7, 11) is 0. The fraction of sp³-hybridized carbons (Fsp3) is 0.611. The van der Waals surface area contributed by atoms with Crippen molar-refractivity contribution < 1.29 is 9.53 Å². The summed E-state index contributed by atoms with van der Waals surface area (Å²) >= 11 is 0. The van der Waals surface area contributed by atoms with Crippen molar-refractivity contribution in [2.75, 3.05) is 13.2 Å². The van der Waals surface area contributed by atoms with Gasteiger partial charge in [-0.2, -0.15) is 0 Å². The van der Waals surface area contributed by atoms with E-state index in [1.54, 1.807) is 0 Å². The van der Waals surface area contributed by atoms with Crippen LogP contribution in [0.1, 0.15) is 50.5 Å². The van der Waals surface area contributed by atoms with Gasteiger partial charge in [0.05, 0.1) is 6.61 Å². The van der Waals surface area contributed by atoms with Crippen molar-refractivity contribution in [3.63, 3.8) is 0 Å². The van der Waals surface area contributed by atoms with Crippen LogP contribution in [0.3, 0.4) is 0 Å². The molecule has 0 atom stereocenters. The van der Waals surface area contributed by atoms with Crippen LogP contribution < -0.4 is 10.1 Å². The number of benzene rings is 1. The van der Waals surface area contributed by atoms with E-state index >= 15 is 0 Å². The Morgan fingerprint density at radius 2 is 1.86 bits per heavy atom. The molecule has 2 rings (SSSR count). The molecule has 1 aromatic rings. The van der Waals surface area contributed by atoms with Crippen molar-refractivity contribution in [2.45, 2.75) is 51.9 Å². The van der Waals surface area contributed by atoms with E-state index in [0.717, 1.165) is 38.0 Å². The van der Waals surface area contributed by atoms with Gasteiger partial charge in [-0.1, -0.05) is 37.0 Å². The van der Waals surface area contributed by atoms with Crippen LogP contribution in [0, 0.1) is 12.8 Å². The predicted octanol–water partition coefficient (Wildman–Crippen LogP) is 3.85. The largest absolute Gasteiger partial charge is 0.494 e. The normalized spacial score (nSPS) is 15.7. The average Bonchev–Trinajstić information content (AvgIpc) is 2.53. The molecule has 1 aliphatic carbocycles. The van der Waals surface area contributed by atoms with E-state index in [2.05, 4.69) is 24.4 Å². The standard InChI is InChI=1S/C18H27NO2/c1-15-9-11-17(12-10-15)21-14-6-5-13-19-18(20)16-7-3-2-4-8-16/h9-12,16H,2-8,13-14H2,1H3,(H,19,20). The van der Waals surface area contributed by atoms with Gasteiger partial charge >= 0.3 is 0 Å². The average molecular weight is 289 g/mol. The second kappa shape index (κ2) is 8.71. The maximum Gasteiger partial charge on any atom is 0.223 e. The highest BCUT2D eigenvalue weighted by molar-refractivity contribution is 5.78. The van der Waals surface area contributed by atoms with E-state index in [4.69, 9.17) is 4.74 Å². The number of ether oxygens (including phenoxy) is 1. The van der Waals surface area contributed by atoms with Crippen LogP contribution in [0.15, 0.2) is 24.3 Å². The Labute approximate surface area is 128 Å². The Kier molecular flexibility index (Phi) is 6.58. The molecular formula is C18H27NO2. The molecule has 0 unspecified atom stereocenters. The summed E-state index contributed by atoms with van der Waals surface area (Å²) in [5.41, 5.74) is 1.24. The first-order chi connectivity index (χ1) is 10.3. The van der Waals surface area contributed by atoms with E-state index < -0.39 is 0 Å². The fourth-order valence-electron chi connectivity index (χ4n) is 2.77. The molecule has 0 radical (unpaired) electrons. The summed E-state index contributed by atoms with van der Waals surface area (Å²) < 4.78 is 5.67. The molecule has 3 nitrogen and oxygen atoms in total. The molecule has 0 bridgehead atoms. The zero-order chi connectivity index (χ0) is 14.9. The Hall–Kier alpha value is -1.51. The second-order valence-electron chi connectivity index (χ2n) is 5.99. The summed E-state index contributed by atoms with van der Waals surface area (Å²) in [6.45, 7) is 3.55. The van der Waals surface area contributed by atoms with Crippen LogP contribution in [-0.4, -0.2) is 19.1 Å². The third kappa shape index (κ3) is 5.78. The lowest BCUT2D eigenvalue weighted by Crippen LogP contribution is -2.32. The fourth-order valence-corrected chi connectivity index (χ4v) is 2.77. The predicted molar refractivity (Wildman–Crippen MR) is 85.5 cm³/mol. The van der Waals surface area contributed by atoms with Crippen molar-refractivity contribution in [1.82, 2.24) is 5.32 Å². The van der Waals surface area contributed by atoms with Gasteiger partial charge in [-0.05, 0) is 44.7 Å². The Morgan fingerprint density at radius 1 is 1.14 bits per heavy atom. The van der Waals surface area contributed by atoms with Crippen molar-refractivity contribution >= 4 is 5.91 Å². The molecule has 1 fully saturated rings. The summed E-state index contributed by atoms with van der Waals surface area (Å²) in [5, 5.41) is 3.06. The van der Waals surface area contributed by atoms with E-state index in [0.29, 0.717) is 6.61 Å². The number of rotatable bonds is 7. The lowest BCUT2D eigenvalue weighted by Gasteiger charge is -2.20. The van der Waals surface area contributed by atoms with Gasteiger partial charge in [-0.3, -0.25) is 4.79 Å². The molecule has 116 valence electrons. The quantitative estimate of drug-likeness (QED) is 0.774. The summed E-state index contributed by atoms with van der Waals surface area (Å²) in [6.07, 6.45) is 7.80. The van der Waals surface area contributed by atoms with Gasteiger partial charge in [0.15, 0.2) is 0 Å². The second-order valence-corrected chi connectivity index (χ2v) is 5.99. The number of nitrogens with one attached hydrogen (secondary N) is 1. The number of unbranched alkanes of at least 4 members (excludes halogenated alkanes) is 1. The highest BCUT2D eigenvalue weighted by Gasteiger charge is 2.20. The molecule has 0 heterocycles. The SMILES string of the molecule is Cc1ccc(OCCCCNC(=O)C2CCCCC2)cc1. The van der Waals surface area contributed by atoms with E-state index in [1.165, 1.54) is 24.8 Å². The molecule has 0 aliphatic heterocycles. The van der Waals surface area contributed by atoms with Crippen molar-refractivity contribution in [3.8, 4) is 5.75 Å². The van der Waals surface area contributed by atoms with Gasteiger partial charge in [0, 0.05) is 12.5 Å². The molecular weight excluding hydrogens is 262 g/mol. The highest BCUT2D eigenvalue weighted by Crippen LogP contribution is 2.23. The molecule has 1 amide bonds. The maximum atomic E-state index is 11.9. The zero-order valence-corrected chi connectivity index (χ0v) is 13.1. The minimum Gasteiger partial charge on any atom is -0.494 e. The molecule has 3 heteroatoms. The van der Waals surface area contributed by atoms with Gasteiger partial charge in [-0.25, -0.2) is 0 Å². The molecule has 1 aromatic carbocycles. The van der Waals surface area contributed by atoms with Crippen LogP contribution in [0.25, 0.3) is 0 Å². The lowest BCUT2D eigenvalue weighted by atomic mass is 9.89. The number of hydrogen-bond donors (Lipinski definition) is 1. The van der Waals surface area contributed by atoms with Crippen LogP contribution >= 0.6 is 0 Å². The highest BCUT2D eigenvalue weighted by atomic mass is 16.5. The number of carbonyl (C=O) groups excluding carboxylic acids is 1. The van der Waals surface area contributed by atoms with Crippen LogP contribution in [0.5, 0.6) is 5.75 Å². The minimum atomic E-state index is 0.258. The van der Waals surface area contributed by atoms with Crippen LogP contribution in [0.4, 0.5) is 0 Å². The van der Waals surface area contributed by atoms with Gasteiger partial charge in [0.1, 0.15) is 5.75 Å². The maximum absolute atomic E-state index is 11.9. The Morgan fingerprint density at radius 3 is 2.57 bits per heavy atom. The smallest absolute Gasteiger partial charge is 0.223 e. The monoisotopic (exact) mass is 289 g/mol. The van der Waals surface area contributed by atoms with Gasteiger partial charge in [0.25, 0.3) is 0 Å². The topological polar surface area (TPSA) is 38.3 Å². The van der Waals surface area contributed by atoms with E-state index in [9.17, 15) is 4.79 Å². The third-order valence-electron chi connectivity index (χ3n) is 4.14. The number of amides is 1. The molecule has 1 saturated carbocycles. The number of carbonyl (C=O) groups is 1. The van der Waals surface area contributed by atoms with E-state index in [1.807, 2.05) is 12.1 Å². The lowest BCUT2D eigenvalue weighted by molar-refractivity contribution is -0.125. The molecule has 0 spiro atoms. The Bertz CT molecular complexity index is 421. The minimum absolute atomic E-state index is 0.258. The van der Waals surface area contributed by atoms with Gasteiger partial charge < -0.3 is 10.1 Å². The van der Waals surface area contributed by atoms with Crippen molar-refractivity contribution in [1.29, 1.82) is 0 Å². The van der Waals surface area contributed by atoms with Gasteiger partial charge in [-0.15, -0.1) is 0 Å². The van der Waals surface area contributed by atoms with Gasteiger partial charge in [0.2, 0.25) is 5.91 Å². The molecule has 21 heavy (non-hydrogen) atoms. The number of aryl methyl sites for hydroxylation is 1. The third-order valence-corrected chi connectivity index (χ3v) is 4.14. The number of hydrogen-bond acceptors (Lipinski definition) is 2. The zero-order valence-electron chi connectivity index (χ0n) is 13.1. The van der Waals surface area contributed by atoms with E-state index in [-0.39, 0.29) is 11.8 Å². The molecule has 0 aromatic heterocycles. The molecule has 1 N–H and O–H groups in total. The van der Waals surface area contributed by atoms with Crippen LogP contribution in [-0.2, 0) is 4.79 Å². The first-order valence-corrected chi connectivity index (χ1v) is 8.23. The summed E-state index contributed by atoms with van der Waals surface area (Å²) in [6, 6.07) is 8.11. The van der Waals surface area contributed by atoms with Crippen LogP contribution in [0.2, 0.25) is 0 Å². The first kappa shape index (κ1) is 15.9.